The van der Waals surface area contributed by atoms with E-state index < -0.39 is 0 Å². The summed E-state index contributed by atoms with van der Waals surface area (Å²) in [4.78, 5) is 12.2. The third-order valence-electron chi connectivity index (χ3n) is 4.31. The average Bonchev–Trinajstić information content (AvgIpc) is 2.72. The van der Waals surface area contributed by atoms with Crippen LogP contribution >= 0.6 is 0 Å². The molecule has 27 heavy (non-hydrogen) atoms. The fraction of sp³-hybridized carbons (Fsp3) is 0.0417. The van der Waals surface area contributed by atoms with Crippen LogP contribution in [0.5, 0.6) is 5.75 Å². The molecule has 0 radical (unpaired) electrons. The molecule has 3 heteroatoms. The smallest absolute Gasteiger partial charge is 0.192 e. The van der Waals surface area contributed by atoms with Crippen molar-refractivity contribution in [2.24, 2.45) is 0 Å². The summed E-state index contributed by atoms with van der Waals surface area (Å²) in [6, 6.07) is 24.9. The van der Waals surface area contributed by atoms with E-state index in [1.165, 1.54) is 12.3 Å². The number of ether oxygens (including phenoxy) is 1. The second-order valence-corrected chi connectivity index (χ2v) is 6.16. The molecule has 0 saturated carbocycles. The number of hydrogen-bond donors (Lipinski definition) is 0. The van der Waals surface area contributed by atoms with Crippen LogP contribution in [0, 0.1) is 0 Å². The normalized spacial score (nSPS) is 11.1. The maximum atomic E-state index is 12.2. The number of fused-ring (bicyclic) bond motifs is 1. The Bertz CT molecular complexity index is 1130. The molecule has 0 aliphatic rings. The summed E-state index contributed by atoms with van der Waals surface area (Å²) in [5.74, 6) is 0.674. The third-order valence-corrected chi connectivity index (χ3v) is 4.31. The second-order valence-electron chi connectivity index (χ2n) is 6.16. The molecule has 0 atom stereocenters. The summed E-state index contributed by atoms with van der Waals surface area (Å²) in [5.41, 5.74) is 3.34. The van der Waals surface area contributed by atoms with Crippen molar-refractivity contribution in [3.05, 3.63) is 112 Å². The highest BCUT2D eigenvalue weighted by Crippen LogP contribution is 2.29. The molecule has 1 aromatic heterocycles. The largest absolute Gasteiger partial charge is 0.488 e. The van der Waals surface area contributed by atoms with Crippen molar-refractivity contribution in [3.63, 3.8) is 0 Å². The van der Waals surface area contributed by atoms with Gasteiger partial charge in [0.05, 0.1) is 17.2 Å². The second kappa shape index (κ2) is 7.75. The van der Waals surface area contributed by atoms with Crippen molar-refractivity contribution in [1.29, 1.82) is 0 Å². The van der Waals surface area contributed by atoms with Gasteiger partial charge in [0, 0.05) is 6.07 Å². The van der Waals surface area contributed by atoms with Crippen molar-refractivity contribution >= 4 is 23.1 Å². The molecule has 0 saturated heterocycles. The Hall–Kier alpha value is -3.59. The molecule has 0 amide bonds. The highest BCUT2D eigenvalue weighted by atomic mass is 16.5. The fourth-order valence-electron chi connectivity index (χ4n) is 2.92. The van der Waals surface area contributed by atoms with Gasteiger partial charge in [-0.15, -0.1) is 0 Å². The lowest BCUT2D eigenvalue weighted by Crippen LogP contribution is -2.01. The van der Waals surface area contributed by atoms with Crippen LogP contribution in [0.1, 0.15) is 16.7 Å². The zero-order valence-corrected chi connectivity index (χ0v) is 14.7. The molecule has 0 aliphatic carbocycles. The molecule has 0 N–H and O–H groups in total. The Morgan fingerprint density at radius 2 is 1.56 bits per heavy atom. The van der Waals surface area contributed by atoms with E-state index in [0.717, 1.165) is 16.7 Å². The lowest BCUT2D eigenvalue weighted by atomic mass is 10.1. The first-order chi connectivity index (χ1) is 13.3. The van der Waals surface area contributed by atoms with Gasteiger partial charge in [0.25, 0.3) is 0 Å². The van der Waals surface area contributed by atoms with Crippen molar-refractivity contribution < 1.29 is 9.15 Å². The van der Waals surface area contributed by atoms with Gasteiger partial charge in [-0.2, -0.15) is 0 Å². The van der Waals surface area contributed by atoms with Crippen molar-refractivity contribution in [1.82, 2.24) is 0 Å². The highest BCUT2D eigenvalue weighted by Gasteiger charge is 2.11. The summed E-state index contributed by atoms with van der Waals surface area (Å²) < 4.78 is 11.7. The minimum Gasteiger partial charge on any atom is -0.488 e. The molecular formula is C24H18O3. The molecule has 1 heterocycles. The maximum Gasteiger partial charge on any atom is 0.192 e. The molecule has 3 nitrogen and oxygen atoms in total. The maximum absolute atomic E-state index is 12.2. The standard InChI is InChI=1S/C24H18O3/c25-22-15-16-26-24-20(22)13-14-23(27-17-19-9-5-2-6-10-19)21(24)12-11-18-7-3-1-4-8-18/h1-16H,17H2/b12-11+. The van der Waals surface area contributed by atoms with Crippen LogP contribution in [-0.2, 0) is 6.61 Å². The minimum atomic E-state index is -0.0692. The molecule has 0 unspecified atom stereocenters. The first kappa shape index (κ1) is 16.9. The lowest BCUT2D eigenvalue weighted by molar-refractivity contribution is 0.305. The van der Waals surface area contributed by atoms with E-state index in [9.17, 15) is 4.79 Å². The molecule has 0 aliphatic heterocycles. The Kier molecular flexibility index (Phi) is 4.84. The summed E-state index contributed by atoms with van der Waals surface area (Å²) in [5, 5.41) is 0.539. The Labute approximate surface area is 157 Å². The molecule has 3 aromatic carbocycles. The molecule has 0 fully saturated rings. The Morgan fingerprint density at radius 1 is 0.815 bits per heavy atom. The Morgan fingerprint density at radius 3 is 2.33 bits per heavy atom. The van der Waals surface area contributed by atoms with Crippen LogP contribution in [0.15, 0.2) is 94.3 Å². The van der Waals surface area contributed by atoms with Crippen LogP contribution in [0.3, 0.4) is 0 Å². The van der Waals surface area contributed by atoms with E-state index in [1.54, 1.807) is 6.07 Å². The molecular weight excluding hydrogens is 336 g/mol. The quantitative estimate of drug-likeness (QED) is 0.442. The van der Waals surface area contributed by atoms with E-state index in [4.69, 9.17) is 9.15 Å². The molecule has 0 bridgehead atoms. The van der Waals surface area contributed by atoms with Gasteiger partial charge in [-0.1, -0.05) is 66.7 Å². The topological polar surface area (TPSA) is 39.4 Å². The van der Waals surface area contributed by atoms with Gasteiger partial charge in [-0.3, -0.25) is 4.79 Å². The predicted molar refractivity (Wildman–Crippen MR) is 109 cm³/mol. The van der Waals surface area contributed by atoms with Crippen molar-refractivity contribution in [2.45, 2.75) is 6.61 Å². The van der Waals surface area contributed by atoms with Gasteiger partial charge in [0.15, 0.2) is 5.43 Å². The molecule has 4 rings (SSSR count). The fourth-order valence-corrected chi connectivity index (χ4v) is 2.92. The van der Waals surface area contributed by atoms with Gasteiger partial charge in [0.2, 0.25) is 0 Å². The van der Waals surface area contributed by atoms with Gasteiger partial charge in [0.1, 0.15) is 17.9 Å². The molecule has 132 valence electrons. The molecule has 4 aromatic rings. The van der Waals surface area contributed by atoms with E-state index in [0.29, 0.717) is 23.3 Å². The SMILES string of the molecule is O=c1ccoc2c(/C=C/c3ccccc3)c(OCc3ccccc3)ccc12. The minimum absolute atomic E-state index is 0.0692. The Balaban J connectivity index is 1.75. The van der Waals surface area contributed by atoms with E-state index >= 15 is 0 Å². The van der Waals surface area contributed by atoms with E-state index in [-0.39, 0.29) is 5.43 Å². The van der Waals surface area contributed by atoms with E-state index in [2.05, 4.69) is 0 Å². The van der Waals surface area contributed by atoms with Crippen LogP contribution in [0.25, 0.3) is 23.1 Å². The summed E-state index contributed by atoms with van der Waals surface area (Å²) in [7, 11) is 0. The number of benzene rings is 3. The third kappa shape index (κ3) is 3.82. The van der Waals surface area contributed by atoms with Crippen molar-refractivity contribution in [3.8, 4) is 5.75 Å². The zero-order chi connectivity index (χ0) is 18.5. The van der Waals surface area contributed by atoms with Gasteiger partial charge >= 0.3 is 0 Å². The summed E-state index contributed by atoms with van der Waals surface area (Å²) in [6.07, 6.45) is 5.34. The number of hydrogen-bond acceptors (Lipinski definition) is 3. The van der Waals surface area contributed by atoms with Gasteiger partial charge in [-0.25, -0.2) is 0 Å². The highest BCUT2D eigenvalue weighted by molar-refractivity contribution is 5.91. The lowest BCUT2D eigenvalue weighted by Gasteiger charge is -2.11. The van der Waals surface area contributed by atoms with Crippen LogP contribution < -0.4 is 10.2 Å². The van der Waals surface area contributed by atoms with Crippen LogP contribution in [-0.4, -0.2) is 0 Å². The van der Waals surface area contributed by atoms with Crippen LogP contribution in [0.2, 0.25) is 0 Å². The summed E-state index contributed by atoms with van der Waals surface area (Å²) in [6.45, 7) is 0.440. The number of rotatable bonds is 5. The van der Waals surface area contributed by atoms with E-state index in [1.807, 2.05) is 78.9 Å². The van der Waals surface area contributed by atoms with Gasteiger partial charge in [-0.05, 0) is 29.3 Å². The summed E-state index contributed by atoms with van der Waals surface area (Å²) >= 11 is 0. The average molecular weight is 354 g/mol. The van der Waals surface area contributed by atoms with Gasteiger partial charge < -0.3 is 9.15 Å². The predicted octanol–water partition coefficient (Wildman–Crippen LogP) is 5.54. The molecule has 0 spiro atoms. The monoisotopic (exact) mass is 354 g/mol. The zero-order valence-electron chi connectivity index (χ0n) is 14.7. The first-order valence-corrected chi connectivity index (χ1v) is 8.76. The first-order valence-electron chi connectivity index (χ1n) is 8.76. The van der Waals surface area contributed by atoms with Crippen molar-refractivity contribution in [2.75, 3.05) is 0 Å². The van der Waals surface area contributed by atoms with Crippen LogP contribution in [0.4, 0.5) is 0 Å².